The van der Waals surface area contributed by atoms with E-state index in [0.717, 1.165) is 24.2 Å². The molecule has 1 amide bonds. The Morgan fingerprint density at radius 3 is 2.76 bits per heavy atom. The zero-order valence-electron chi connectivity index (χ0n) is 10.6. The van der Waals surface area contributed by atoms with Gasteiger partial charge in [-0.1, -0.05) is 25.1 Å². The van der Waals surface area contributed by atoms with Crippen LogP contribution in [0.1, 0.15) is 12.5 Å². The second-order valence-corrected chi connectivity index (χ2v) is 4.09. The molecule has 94 valence electrons. The highest BCUT2D eigenvalue weighted by molar-refractivity contribution is 5.92. The number of nitrogens with zero attached hydrogens (tertiary/aromatic N) is 1. The van der Waals surface area contributed by atoms with Gasteiger partial charge < -0.3 is 11.1 Å². The van der Waals surface area contributed by atoms with Crippen LogP contribution >= 0.6 is 0 Å². The van der Waals surface area contributed by atoms with Crippen molar-refractivity contribution in [2.24, 2.45) is 5.73 Å². The fourth-order valence-corrected chi connectivity index (χ4v) is 1.68. The molecular weight excluding hydrogens is 214 g/mol. The number of rotatable bonds is 6. The Kier molecular flexibility index (Phi) is 5.66. The number of carbonyl (C=O) groups excluding carboxylic acids is 1. The third kappa shape index (κ3) is 4.54. The van der Waals surface area contributed by atoms with E-state index >= 15 is 0 Å². The van der Waals surface area contributed by atoms with Crippen LogP contribution < -0.4 is 11.1 Å². The number of anilines is 1. The largest absolute Gasteiger partial charge is 0.329 e. The Morgan fingerprint density at radius 1 is 1.41 bits per heavy atom. The molecule has 0 aliphatic carbocycles. The van der Waals surface area contributed by atoms with Crippen LogP contribution in [0.2, 0.25) is 0 Å². The van der Waals surface area contributed by atoms with E-state index in [1.807, 2.05) is 36.2 Å². The highest BCUT2D eigenvalue weighted by Crippen LogP contribution is 2.15. The monoisotopic (exact) mass is 235 g/mol. The quantitative estimate of drug-likeness (QED) is 0.775. The van der Waals surface area contributed by atoms with E-state index in [1.165, 1.54) is 0 Å². The first-order chi connectivity index (χ1) is 8.17. The summed E-state index contributed by atoms with van der Waals surface area (Å²) in [7, 11) is 1.89. The van der Waals surface area contributed by atoms with Crippen molar-refractivity contribution in [2.75, 3.05) is 32.0 Å². The summed E-state index contributed by atoms with van der Waals surface area (Å²) in [5.41, 5.74) is 7.49. The Bertz CT molecular complexity index is 365. The van der Waals surface area contributed by atoms with Crippen LogP contribution in [0.15, 0.2) is 24.3 Å². The molecule has 0 heterocycles. The van der Waals surface area contributed by atoms with Crippen LogP contribution in [0.3, 0.4) is 0 Å². The number of nitrogens with one attached hydrogen (secondary N) is 1. The molecule has 0 saturated carbocycles. The molecule has 0 unspecified atom stereocenters. The first-order valence-electron chi connectivity index (χ1n) is 5.93. The Hall–Kier alpha value is -1.39. The Morgan fingerprint density at radius 2 is 2.12 bits per heavy atom. The van der Waals surface area contributed by atoms with Crippen LogP contribution in [-0.2, 0) is 11.2 Å². The number of likely N-dealkylation sites (N-methyl/N-ethyl adjacent to an activating group) is 1. The van der Waals surface area contributed by atoms with Crippen molar-refractivity contribution in [1.29, 1.82) is 0 Å². The molecular formula is C13H21N3O. The smallest absolute Gasteiger partial charge is 0.238 e. The van der Waals surface area contributed by atoms with E-state index < -0.39 is 0 Å². The molecule has 0 saturated heterocycles. The van der Waals surface area contributed by atoms with Gasteiger partial charge in [0, 0.05) is 18.8 Å². The van der Waals surface area contributed by atoms with Gasteiger partial charge in [-0.3, -0.25) is 9.69 Å². The minimum atomic E-state index is 0.00171. The zero-order chi connectivity index (χ0) is 12.7. The fourth-order valence-electron chi connectivity index (χ4n) is 1.68. The van der Waals surface area contributed by atoms with Crippen molar-refractivity contribution >= 4 is 11.6 Å². The zero-order valence-corrected chi connectivity index (χ0v) is 10.6. The molecule has 1 rings (SSSR count). The van der Waals surface area contributed by atoms with Crippen molar-refractivity contribution in [2.45, 2.75) is 13.3 Å². The molecule has 0 aliphatic rings. The van der Waals surface area contributed by atoms with Gasteiger partial charge in [0.25, 0.3) is 0 Å². The van der Waals surface area contributed by atoms with E-state index in [-0.39, 0.29) is 5.91 Å². The molecule has 0 spiro atoms. The normalized spacial score (nSPS) is 10.6. The molecule has 1 aromatic rings. The summed E-state index contributed by atoms with van der Waals surface area (Å²) in [6, 6.07) is 7.87. The van der Waals surface area contributed by atoms with Crippen LogP contribution in [0.25, 0.3) is 0 Å². The molecule has 0 aliphatic heterocycles. The molecule has 0 atom stereocenters. The molecule has 1 aromatic carbocycles. The number of amides is 1. The minimum Gasteiger partial charge on any atom is -0.329 e. The Labute approximate surface area is 103 Å². The SMILES string of the molecule is CCc1ccccc1NC(=O)CN(C)CCN. The van der Waals surface area contributed by atoms with Gasteiger partial charge in [0.15, 0.2) is 0 Å². The minimum absolute atomic E-state index is 0.00171. The summed E-state index contributed by atoms with van der Waals surface area (Å²) in [5.74, 6) is 0.00171. The molecule has 4 heteroatoms. The van der Waals surface area contributed by atoms with E-state index in [9.17, 15) is 4.79 Å². The summed E-state index contributed by atoms with van der Waals surface area (Å²) in [5, 5.41) is 2.93. The van der Waals surface area contributed by atoms with Crippen molar-refractivity contribution in [3.63, 3.8) is 0 Å². The second-order valence-electron chi connectivity index (χ2n) is 4.09. The first-order valence-corrected chi connectivity index (χ1v) is 5.93. The van der Waals surface area contributed by atoms with Crippen molar-refractivity contribution in [3.8, 4) is 0 Å². The van der Waals surface area contributed by atoms with Gasteiger partial charge in [-0.15, -0.1) is 0 Å². The third-order valence-electron chi connectivity index (χ3n) is 2.60. The lowest BCUT2D eigenvalue weighted by Crippen LogP contribution is -2.33. The molecule has 0 bridgehead atoms. The maximum atomic E-state index is 11.8. The lowest BCUT2D eigenvalue weighted by molar-refractivity contribution is -0.117. The number of carbonyl (C=O) groups is 1. The van der Waals surface area contributed by atoms with Gasteiger partial charge in [-0.2, -0.15) is 0 Å². The molecule has 0 radical (unpaired) electrons. The summed E-state index contributed by atoms with van der Waals surface area (Å²) in [6.45, 7) is 3.74. The average Bonchev–Trinajstić information content (AvgIpc) is 2.29. The van der Waals surface area contributed by atoms with Gasteiger partial charge in [0.2, 0.25) is 5.91 Å². The van der Waals surface area contributed by atoms with Crippen LogP contribution in [0.4, 0.5) is 5.69 Å². The lowest BCUT2D eigenvalue weighted by Gasteiger charge is -2.16. The van der Waals surface area contributed by atoms with Crippen molar-refractivity contribution in [3.05, 3.63) is 29.8 Å². The van der Waals surface area contributed by atoms with E-state index in [2.05, 4.69) is 12.2 Å². The van der Waals surface area contributed by atoms with E-state index in [1.54, 1.807) is 0 Å². The molecule has 3 N–H and O–H groups in total. The van der Waals surface area contributed by atoms with Crippen molar-refractivity contribution in [1.82, 2.24) is 4.90 Å². The van der Waals surface area contributed by atoms with Gasteiger partial charge in [0.05, 0.1) is 6.54 Å². The summed E-state index contributed by atoms with van der Waals surface area (Å²) < 4.78 is 0. The van der Waals surface area contributed by atoms with E-state index in [0.29, 0.717) is 13.1 Å². The van der Waals surface area contributed by atoms with Crippen LogP contribution in [0, 0.1) is 0 Å². The fraction of sp³-hybridized carbons (Fsp3) is 0.462. The maximum Gasteiger partial charge on any atom is 0.238 e. The highest BCUT2D eigenvalue weighted by atomic mass is 16.2. The highest BCUT2D eigenvalue weighted by Gasteiger charge is 2.07. The number of benzene rings is 1. The van der Waals surface area contributed by atoms with Gasteiger partial charge >= 0.3 is 0 Å². The van der Waals surface area contributed by atoms with E-state index in [4.69, 9.17) is 5.73 Å². The van der Waals surface area contributed by atoms with Gasteiger partial charge in [-0.25, -0.2) is 0 Å². The number of hydrogen-bond donors (Lipinski definition) is 2. The average molecular weight is 235 g/mol. The Balaban J connectivity index is 2.55. The standard InChI is InChI=1S/C13H21N3O/c1-3-11-6-4-5-7-12(11)15-13(17)10-16(2)9-8-14/h4-7H,3,8-10,14H2,1-2H3,(H,15,17). The predicted octanol–water partition coefficient (Wildman–Crippen LogP) is 1.08. The topological polar surface area (TPSA) is 58.4 Å². The van der Waals surface area contributed by atoms with Gasteiger partial charge in [-0.05, 0) is 25.1 Å². The molecule has 0 fully saturated rings. The molecule has 17 heavy (non-hydrogen) atoms. The first kappa shape index (κ1) is 13.7. The maximum absolute atomic E-state index is 11.8. The third-order valence-corrected chi connectivity index (χ3v) is 2.60. The summed E-state index contributed by atoms with van der Waals surface area (Å²) >= 11 is 0. The molecule has 4 nitrogen and oxygen atoms in total. The molecule has 0 aromatic heterocycles. The number of para-hydroxylation sites is 1. The van der Waals surface area contributed by atoms with Crippen LogP contribution in [0.5, 0.6) is 0 Å². The number of nitrogens with two attached hydrogens (primary N) is 1. The summed E-state index contributed by atoms with van der Waals surface area (Å²) in [6.07, 6.45) is 0.912. The number of hydrogen-bond acceptors (Lipinski definition) is 3. The van der Waals surface area contributed by atoms with Crippen molar-refractivity contribution < 1.29 is 4.79 Å². The van der Waals surface area contributed by atoms with Gasteiger partial charge in [0.1, 0.15) is 0 Å². The predicted molar refractivity (Wildman–Crippen MR) is 71.0 cm³/mol. The summed E-state index contributed by atoms with van der Waals surface area (Å²) in [4.78, 5) is 13.7. The lowest BCUT2D eigenvalue weighted by atomic mass is 10.1. The number of aryl methyl sites for hydroxylation is 1. The second kappa shape index (κ2) is 7.04. The van der Waals surface area contributed by atoms with Crippen LogP contribution in [-0.4, -0.2) is 37.5 Å².